The van der Waals surface area contributed by atoms with Gasteiger partial charge in [0.15, 0.2) is 5.78 Å². The molecule has 2 atom stereocenters. The van der Waals surface area contributed by atoms with Crippen LogP contribution in [0.1, 0.15) is 47.9 Å². The van der Waals surface area contributed by atoms with E-state index in [1.165, 1.54) is 12.1 Å². The van der Waals surface area contributed by atoms with Crippen LogP contribution in [0.25, 0.3) is 11.1 Å². The van der Waals surface area contributed by atoms with Gasteiger partial charge in [-0.3, -0.25) is 9.59 Å². The number of hydrogen-bond donors (Lipinski definition) is 1. The maximum Gasteiger partial charge on any atom is 0.416 e. The van der Waals surface area contributed by atoms with Gasteiger partial charge in [-0.25, -0.2) is 0 Å². The first kappa shape index (κ1) is 19.7. The highest BCUT2D eigenvalue weighted by atomic mass is 19.4. The number of alkyl halides is 3. The standard InChI is InChI=1S/C23H22F3NO2/c1-12-11-18(19-20(28)22(3,15-8-9-15)27-21(19)29)13(2)10-17(12)14-4-6-16(7-5-14)23(24,25)26/h4-7,10-11,15,19H,8-9H2,1-3H3,(H,27,29). The summed E-state index contributed by atoms with van der Waals surface area (Å²) in [5.74, 6) is -0.985. The minimum Gasteiger partial charge on any atom is -0.343 e. The van der Waals surface area contributed by atoms with Crippen molar-refractivity contribution >= 4 is 11.7 Å². The molecule has 1 saturated heterocycles. The molecule has 152 valence electrons. The molecule has 3 nitrogen and oxygen atoms in total. The first-order chi connectivity index (χ1) is 13.5. The molecule has 0 bridgehead atoms. The molecule has 2 aliphatic rings. The second-order valence-corrected chi connectivity index (χ2v) is 8.36. The summed E-state index contributed by atoms with van der Waals surface area (Å²) in [7, 11) is 0. The van der Waals surface area contributed by atoms with Crippen LogP contribution < -0.4 is 5.32 Å². The molecule has 1 N–H and O–H groups in total. The molecule has 0 radical (unpaired) electrons. The Kier molecular flexibility index (Phi) is 4.37. The number of hydrogen-bond acceptors (Lipinski definition) is 2. The molecule has 29 heavy (non-hydrogen) atoms. The molecule has 0 aromatic heterocycles. The van der Waals surface area contributed by atoms with Gasteiger partial charge < -0.3 is 5.32 Å². The second-order valence-electron chi connectivity index (χ2n) is 8.36. The van der Waals surface area contributed by atoms with Crippen molar-refractivity contribution in [3.63, 3.8) is 0 Å². The Morgan fingerprint density at radius 1 is 1.00 bits per heavy atom. The van der Waals surface area contributed by atoms with E-state index in [0.29, 0.717) is 11.1 Å². The first-order valence-corrected chi connectivity index (χ1v) is 9.67. The zero-order chi connectivity index (χ0) is 21.1. The molecular formula is C23H22F3NO2. The summed E-state index contributed by atoms with van der Waals surface area (Å²) >= 11 is 0. The molecule has 6 heteroatoms. The average molecular weight is 401 g/mol. The van der Waals surface area contributed by atoms with E-state index in [1.54, 1.807) is 0 Å². The third-order valence-corrected chi connectivity index (χ3v) is 6.26. The lowest BCUT2D eigenvalue weighted by molar-refractivity contribution is -0.137. The quantitative estimate of drug-likeness (QED) is 0.741. The number of benzene rings is 2. The molecule has 1 heterocycles. The number of nitrogens with one attached hydrogen (secondary N) is 1. The number of Topliss-reactive ketones (excluding diaryl/α,β-unsaturated/α-hetero) is 1. The predicted molar refractivity (Wildman–Crippen MR) is 103 cm³/mol. The Balaban J connectivity index is 1.69. The van der Waals surface area contributed by atoms with Crippen LogP contribution in [0.3, 0.4) is 0 Å². The van der Waals surface area contributed by atoms with Crippen molar-refractivity contribution in [1.82, 2.24) is 5.32 Å². The van der Waals surface area contributed by atoms with Crippen LogP contribution in [-0.2, 0) is 15.8 Å². The maximum atomic E-state index is 13.1. The third-order valence-electron chi connectivity index (χ3n) is 6.26. The van der Waals surface area contributed by atoms with E-state index in [2.05, 4.69) is 5.32 Å². The van der Waals surface area contributed by atoms with E-state index in [4.69, 9.17) is 0 Å². The van der Waals surface area contributed by atoms with Gasteiger partial charge in [0.25, 0.3) is 0 Å². The van der Waals surface area contributed by atoms with Gasteiger partial charge in [0.05, 0.1) is 11.1 Å². The summed E-state index contributed by atoms with van der Waals surface area (Å²) in [6, 6.07) is 8.69. The Labute approximate surface area is 167 Å². The van der Waals surface area contributed by atoms with E-state index >= 15 is 0 Å². The van der Waals surface area contributed by atoms with E-state index in [9.17, 15) is 22.8 Å². The summed E-state index contributed by atoms with van der Waals surface area (Å²) < 4.78 is 38.5. The van der Waals surface area contributed by atoms with Crippen LogP contribution >= 0.6 is 0 Å². The lowest BCUT2D eigenvalue weighted by Gasteiger charge is -2.22. The van der Waals surface area contributed by atoms with Crippen LogP contribution in [-0.4, -0.2) is 17.2 Å². The van der Waals surface area contributed by atoms with Gasteiger partial charge in [-0.05, 0) is 79.5 Å². The number of rotatable bonds is 3. The Bertz CT molecular complexity index is 1010. The van der Waals surface area contributed by atoms with Crippen LogP contribution in [0.15, 0.2) is 36.4 Å². The van der Waals surface area contributed by atoms with Crippen molar-refractivity contribution in [2.75, 3.05) is 0 Å². The normalized spacial score (nSPS) is 24.7. The number of amides is 1. The van der Waals surface area contributed by atoms with Crippen molar-refractivity contribution in [1.29, 1.82) is 0 Å². The summed E-state index contributed by atoms with van der Waals surface area (Å²) in [6.07, 6.45) is -2.49. The lowest BCUT2D eigenvalue weighted by atomic mass is 9.82. The minimum atomic E-state index is -4.38. The van der Waals surface area contributed by atoms with Gasteiger partial charge in [0, 0.05) is 0 Å². The zero-order valence-corrected chi connectivity index (χ0v) is 16.5. The molecule has 1 amide bonds. The number of ketones is 1. The van der Waals surface area contributed by atoms with Gasteiger partial charge in [-0.1, -0.05) is 24.3 Å². The van der Waals surface area contributed by atoms with Crippen LogP contribution in [0.5, 0.6) is 0 Å². The predicted octanol–water partition coefficient (Wildman–Crippen LogP) is 4.94. The molecule has 2 aromatic rings. The monoisotopic (exact) mass is 401 g/mol. The fraction of sp³-hybridized carbons (Fsp3) is 0.391. The SMILES string of the molecule is Cc1cc(C2C(=O)NC(C)(C3CC3)C2=O)c(C)cc1-c1ccc(C(F)(F)F)cc1. The first-order valence-electron chi connectivity index (χ1n) is 9.67. The fourth-order valence-corrected chi connectivity index (χ4v) is 4.35. The smallest absolute Gasteiger partial charge is 0.343 e. The summed E-state index contributed by atoms with van der Waals surface area (Å²) in [5.41, 5.74) is 2.22. The summed E-state index contributed by atoms with van der Waals surface area (Å²) in [4.78, 5) is 25.7. The largest absolute Gasteiger partial charge is 0.416 e. The lowest BCUT2D eigenvalue weighted by Crippen LogP contribution is -2.45. The molecule has 1 saturated carbocycles. The van der Waals surface area contributed by atoms with Crippen molar-refractivity contribution in [2.24, 2.45) is 5.92 Å². The van der Waals surface area contributed by atoms with Gasteiger partial charge in [0.1, 0.15) is 5.92 Å². The summed E-state index contributed by atoms with van der Waals surface area (Å²) in [6.45, 7) is 5.48. The van der Waals surface area contributed by atoms with E-state index < -0.39 is 23.2 Å². The third kappa shape index (κ3) is 3.24. The molecule has 1 aliphatic heterocycles. The molecule has 2 aromatic carbocycles. The Morgan fingerprint density at radius 2 is 1.62 bits per heavy atom. The van der Waals surface area contributed by atoms with Crippen LogP contribution in [0, 0.1) is 19.8 Å². The van der Waals surface area contributed by atoms with Crippen molar-refractivity contribution < 1.29 is 22.8 Å². The van der Waals surface area contributed by atoms with E-state index in [1.807, 2.05) is 32.9 Å². The molecule has 2 unspecified atom stereocenters. The van der Waals surface area contributed by atoms with Crippen molar-refractivity contribution in [3.05, 3.63) is 58.7 Å². The highest BCUT2D eigenvalue weighted by Gasteiger charge is 2.57. The molecule has 0 spiro atoms. The maximum absolute atomic E-state index is 13.1. The second kappa shape index (κ2) is 6.44. The van der Waals surface area contributed by atoms with Gasteiger partial charge in [0.2, 0.25) is 5.91 Å². The van der Waals surface area contributed by atoms with Crippen molar-refractivity contribution in [3.8, 4) is 11.1 Å². The van der Waals surface area contributed by atoms with Gasteiger partial charge >= 0.3 is 6.18 Å². The number of carbonyl (C=O) groups is 2. The molecule has 1 aliphatic carbocycles. The van der Waals surface area contributed by atoms with Gasteiger partial charge in [-0.15, -0.1) is 0 Å². The highest BCUT2D eigenvalue weighted by Crippen LogP contribution is 2.46. The van der Waals surface area contributed by atoms with E-state index in [0.717, 1.165) is 41.7 Å². The van der Waals surface area contributed by atoms with Crippen LogP contribution in [0.2, 0.25) is 0 Å². The fourth-order valence-electron chi connectivity index (χ4n) is 4.35. The Morgan fingerprint density at radius 3 is 2.17 bits per heavy atom. The zero-order valence-electron chi connectivity index (χ0n) is 16.5. The molecular weight excluding hydrogens is 379 g/mol. The average Bonchev–Trinajstić information content (AvgIpc) is 3.46. The highest BCUT2D eigenvalue weighted by molar-refractivity contribution is 6.17. The number of halogens is 3. The van der Waals surface area contributed by atoms with E-state index in [-0.39, 0.29) is 17.6 Å². The van der Waals surface area contributed by atoms with Gasteiger partial charge in [-0.2, -0.15) is 13.2 Å². The topological polar surface area (TPSA) is 46.2 Å². The minimum absolute atomic E-state index is 0.0882. The Hall–Kier alpha value is -2.63. The summed E-state index contributed by atoms with van der Waals surface area (Å²) in [5, 5.41) is 2.91. The molecule has 2 fully saturated rings. The van der Waals surface area contributed by atoms with Crippen LogP contribution in [0.4, 0.5) is 13.2 Å². The molecule has 4 rings (SSSR count). The van der Waals surface area contributed by atoms with Crippen molar-refractivity contribution in [2.45, 2.75) is 51.2 Å². The number of carbonyl (C=O) groups excluding carboxylic acids is 2. The number of aryl methyl sites for hydroxylation is 2.